The van der Waals surface area contributed by atoms with Gasteiger partial charge in [-0.15, -0.1) is 0 Å². The Morgan fingerprint density at radius 2 is 2.14 bits per heavy atom. The summed E-state index contributed by atoms with van der Waals surface area (Å²) in [5.41, 5.74) is 0.866. The van der Waals surface area contributed by atoms with Gasteiger partial charge in [0.1, 0.15) is 12.3 Å². The third-order valence-electron chi connectivity index (χ3n) is 1.57. The molecule has 0 amide bonds. The summed E-state index contributed by atoms with van der Waals surface area (Å²) in [6, 6.07) is 0. The van der Waals surface area contributed by atoms with Crippen LogP contribution in [0.15, 0.2) is 6.20 Å². The summed E-state index contributed by atoms with van der Waals surface area (Å²) >= 11 is 0. The van der Waals surface area contributed by atoms with Crippen molar-refractivity contribution in [2.45, 2.75) is 34.2 Å². The van der Waals surface area contributed by atoms with Gasteiger partial charge in [-0.25, -0.2) is 0 Å². The topological polar surface area (TPSA) is 47.3 Å². The van der Waals surface area contributed by atoms with Gasteiger partial charge in [-0.3, -0.25) is 4.68 Å². The maximum Gasteiger partial charge on any atom is 0.160 e. The molecule has 1 aromatic rings. The molecule has 0 aliphatic heterocycles. The van der Waals surface area contributed by atoms with E-state index in [1.54, 1.807) is 0 Å². The van der Waals surface area contributed by atoms with Crippen molar-refractivity contribution in [1.82, 2.24) is 9.78 Å². The first-order chi connectivity index (χ1) is 6.77. The van der Waals surface area contributed by atoms with Crippen molar-refractivity contribution in [3.63, 3.8) is 0 Å². The predicted molar refractivity (Wildman–Crippen MR) is 56.6 cm³/mol. The van der Waals surface area contributed by atoms with Crippen molar-refractivity contribution < 1.29 is 9.84 Å². The van der Waals surface area contributed by atoms with Gasteiger partial charge in [0.05, 0.1) is 12.8 Å². The summed E-state index contributed by atoms with van der Waals surface area (Å²) in [6.07, 6.45) is 1.84. The Kier molecular flexibility index (Phi) is 6.84. The first-order valence-electron chi connectivity index (χ1n) is 5.05. The minimum Gasteiger partial charge on any atom is -0.488 e. The number of hydrogen-bond acceptors (Lipinski definition) is 3. The smallest absolute Gasteiger partial charge is 0.160 e. The molecule has 1 heterocycles. The van der Waals surface area contributed by atoms with E-state index in [4.69, 9.17) is 9.84 Å². The lowest BCUT2D eigenvalue weighted by atomic mass is 10.4. The zero-order valence-electron chi connectivity index (χ0n) is 9.45. The molecule has 1 aromatic heterocycles. The number of rotatable bonds is 4. The number of nitrogens with zero attached hydrogens (tertiary/aromatic N) is 2. The van der Waals surface area contributed by atoms with Gasteiger partial charge in [0.2, 0.25) is 0 Å². The molecule has 0 saturated heterocycles. The summed E-state index contributed by atoms with van der Waals surface area (Å²) in [5, 5.41) is 12.7. The second-order valence-corrected chi connectivity index (χ2v) is 2.51. The molecule has 0 radical (unpaired) electrons. The van der Waals surface area contributed by atoms with Crippen molar-refractivity contribution in [2.24, 2.45) is 0 Å². The van der Waals surface area contributed by atoms with Crippen LogP contribution in [0.3, 0.4) is 0 Å². The Morgan fingerprint density at radius 3 is 2.57 bits per heavy atom. The first-order valence-corrected chi connectivity index (χ1v) is 5.05. The molecule has 0 aliphatic carbocycles. The molecule has 0 fully saturated rings. The minimum absolute atomic E-state index is 0.0384. The molecule has 4 nitrogen and oxygen atoms in total. The Labute approximate surface area is 85.5 Å². The van der Waals surface area contributed by atoms with Crippen LogP contribution in [-0.2, 0) is 6.54 Å². The van der Waals surface area contributed by atoms with Crippen LogP contribution in [0.4, 0.5) is 0 Å². The van der Waals surface area contributed by atoms with E-state index in [1.165, 1.54) is 0 Å². The van der Waals surface area contributed by atoms with Gasteiger partial charge < -0.3 is 9.84 Å². The van der Waals surface area contributed by atoms with Crippen molar-refractivity contribution >= 4 is 0 Å². The lowest BCUT2D eigenvalue weighted by Gasteiger charge is -1.99. The van der Waals surface area contributed by atoms with E-state index in [9.17, 15) is 0 Å². The van der Waals surface area contributed by atoms with Gasteiger partial charge >= 0.3 is 0 Å². The quantitative estimate of drug-likeness (QED) is 0.803. The number of aromatic nitrogens is 2. The molecule has 0 aliphatic rings. The summed E-state index contributed by atoms with van der Waals surface area (Å²) in [5.74, 6) is 0.755. The van der Waals surface area contributed by atoms with E-state index in [2.05, 4.69) is 5.10 Å². The SMILES string of the molecule is CC.CCn1cc(OCCO)c(C)n1. The summed E-state index contributed by atoms with van der Waals surface area (Å²) in [7, 11) is 0. The summed E-state index contributed by atoms with van der Waals surface area (Å²) in [4.78, 5) is 0. The normalized spacial score (nSPS) is 9.21. The number of aliphatic hydroxyl groups excluding tert-OH is 1. The highest BCUT2D eigenvalue weighted by Gasteiger charge is 2.03. The summed E-state index contributed by atoms with van der Waals surface area (Å²) < 4.78 is 7.04. The monoisotopic (exact) mass is 200 g/mol. The molecular formula is C10H20N2O2. The number of hydrogen-bond donors (Lipinski definition) is 1. The zero-order chi connectivity index (χ0) is 11.0. The van der Waals surface area contributed by atoms with Crippen molar-refractivity contribution in [3.05, 3.63) is 11.9 Å². The zero-order valence-corrected chi connectivity index (χ0v) is 9.45. The maximum absolute atomic E-state index is 8.53. The third kappa shape index (κ3) is 3.79. The van der Waals surface area contributed by atoms with Crippen molar-refractivity contribution in [2.75, 3.05) is 13.2 Å². The Bertz CT molecular complexity index is 246. The molecule has 14 heavy (non-hydrogen) atoms. The molecule has 4 heteroatoms. The van der Waals surface area contributed by atoms with Crippen LogP contribution in [0.2, 0.25) is 0 Å². The van der Waals surface area contributed by atoms with Gasteiger partial charge in [-0.1, -0.05) is 13.8 Å². The second-order valence-electron chi connectivity index (χ2n) is 2.51. The molecular weight excluding hydrogens is 180 g/mol. The van der Waals surface area contributed by atoms with Crippen molar-refractivity contribution in [1.29, 1.82) is 0 Å². The molecule has 1 rings (SSSR count). The first kappa shape index (κ1) is 13.0. The molecule has 0 spiro atoms. The van der Waals surface area contributed by atoms with Crippen LogP contribution in [0.1, 0.15) is 26.5 Å². The van der Waals surface area contributed by atoms with Gasteiger partial charge in [0.25, 0.3) is 0 Å². The van der Waals surface area contributed by atoms with Gasteiger partial charge in [0, 0.05) is 6.54 Å². The highest BCUT2D eigenvalue weighted by Crippen LogP contribution is 2.14. The summed E-state index contributed by atoms with van der Waals surface area (Å²) in [6.45, 7) is 9.11. The van der Waals surface area contributed by atoms with Gasteiger partial charge in [-0.05, 0) is 13.8 Å². The lowest BCUT2D eigenvalue weighted by Crippen LogP contribution is -2.01. The average Bonchev–Trinajstić information content (AvgIpc) is 2.59. The van der Waals surface area contributed by atoms with E-state index < -0.39 is 0 Å². The van der Waals surface area contributed by atoms with Crippen LogP contribution in [-0.4, -0.2) is 28.1 Å². The largest absolute Gasteiger partial charge is 0.488 e. The van der Waals surface area contributed by atoms with E-state index in [-0.39, 0.29) is 6.61 Å². The average molecular weight is 200 g/mol. The van der Waals surface area contributed by atoms with E-state index in [0.717, 1.165) is 18.0 Å². The number of ether oxygens (including phenoxy) is 1. The minimum atomic E-state index is 0.0384. The van der Waals surface area contributed by atoms with Crippen LogP contribution >= 0.6 is 0 Å². The van der Waals surface area contributed by atoms with Crippen LogP contribution in [0.5, 0.6) is 5.75 Å². The standard InChI is InChI=1S/C8H14N2O2.C2H6/c1-3-10-6-8(7(2)9-10)12-5-4-11;1-2/h6,11H,3-5H2,1-2H3;1-2H3. The van der Waals surface area contributed by atoms with Gasteiger partial charge in [-0.2, -0.15) is 5.10 Å². The third-order valence-corrected chi connectivity index (χ3v) is 1.57. The molecule has 0 saturated carbocycles. The Morgan fingerprint density at radius 1 is 1.50 bits per heavy atom. The number of aliphatic hydroxyl groups is 1. The maximum atomic E-state index is 8.53. The van der Waals surface area contributed by atoms with E-state index in [1.807, 2.05) is 38.6 Å². The fourth-order valence-electron chi connectivity index (χ4n) is 0.959. The fourth-order valence-corrected chi connectivity index (χ4v) is 0.959. The van der Waals surface area contributed by atoms with E-state index in [0.29, 0.717) is 6.61 Å². The van der Waals surface area contributed by atoms with Gasteiger partial charge in [0.15, 0.2) is 5.75 Å². The van der Waals surface area contributed by atoms with E-state index >= 15 is 0 Å². The van der Waals surface area contributed by atoms with Crippen LogP contribution in [0.25, 0.3) is 0 Å². The molecule has 1 N–H and O–H groups in total. The molecule has 0 aromatic carbocycles. The van der Waals surface area contributed by atoms with Crippen LogP contribution in [0, 0.1) is 6.92 Å². The van der Waals surface area contributed by atoms with Crippen LogP contribution < -0.4 is 4.74 Å². The number of aryl methyl sites for hydroxylation is 2. The molecule has 82 valence electrons. The van der Waals surface area contributed by atoms with Crippen molar-refractivity contribution in [3.8, 4) is 5.75 Å². The Balaban J connectivity index is 0.000000791. The molecule has 0 unspecified atom stereocenters. The molecule has 0 atom stereocenters. The predicted octanol–water partition coefficient (Wildman–Crippen LogP) is 1.61. The lowest BCUT2D eigenvalue weighted by molar-refractivity contribution is 0.200. The Hall–Kier alpha value is -1.03. The highest BCUT2D eigenvalue weighted by molar-refractivity contribution is 5.22. The molecule has 0 bridgehead atoms. The second kappa shape index (κ2) is 7.38. The highest BCUT2D eigenvalue weighted by atomic mass is 16.5. The fraction of sp³-hybridized carbons (Fsp3) is 0.700.